The third kappa shape index (κ3) is 4.60. The van der Waals surface area contributed by atoms with Crippen LogP contribution in [0, 0.1) is 18.6 Å². The standard InChI is InChI=1S/C17H16F2N2O2/c1-10-3-2-4-11(5-10)6-15(16(20)22)21-17(23)12-7-13(18)9-14(19)8-12/h2-5,7-9,15H,6H2,1H3,(H2,20,22)(H,21,23)/t15-/m0/s1. The first-order valence-corrected chi connectivity index (χ1v) is 6.97. The normalized spacial score (nSPS) is 11.8. The minimum absolute atomic E-state index is 0.195. The number of hydrogen-bond donors (Lipinski definition) is 2. The van der Waals surface area contributed by atoms with E-state index in [1.165, 1.54) is 0 Å². The minimum Gasteiger partial charge on any atom is -0.368 e. The van der Waals surface area contributed by atoms with Crippen LogP contribution in [0.4, 0.5) is 8.78 Å². The summed E-state index contributed by atoms with van der Waals surface area (Å²) in [6.07, 6.45) is 0.195. The number of amides is 2. The lowest BCUT2D eigenvalue weighted by atomic mass is 10.0. The van der Waals surface area contributed by atoms with Gasteiger partial charge >= 0.3 is 0 Å². The van der Waals surface area contributed by atoms with E-state index in [4.69, 9.17) is 5.73 Å². The fourth-order valence-corrected chi connectivity index (χ4v) is 2.22. The highest BCUT2D eigenvalue weighted by Gasteiger charge is 2.20. The lowest BCUT2D eigenvalue weighted by molar-refractivity contribution is -0.119. The van der Waals surface area contributed by atoms with Crippen molar-refractivity contribution in [1.82, 2.24) is 5.32 Å². The summed E-state index contributed by atoms with van der Waals surface area (Å²) in [6.45, 7) is 1.90. The van der Waals surface area contributed by atoms with Gasteiger partial charge in [-0.15, -0.1) is 0 Å². The van der Waals surface area contributed by atoms with Gasteiger partial charge in [0.1, 0.15) is 17.7 Å². The Morgan fingerprint density at radius 2 is 1.78 bits per heavy atom. The van der Waals surface area contributed by atoms with E-state index in [0.717, 1.165) is 23.3 Å². The summed E-state index contributed by atoms with van der Waals surface area (Å²) in [4.78, 5) is 23.6. The van der Waals surface area contributed by atoms with Crippen LogP contribution in [-0.2, 0) is 11.2 Å². The van der Waals surface area contributed by atoms with E-state index in [-0.39, 0.29) is 12.0 Å². The number of nitrogens with two attached hydrogens (primary N) is 1. The molecule has 0 radical (unpaired) electrons. The predicted octanol–water partition coefficient (Wildman–Crippen LogP) is 2.10. The van der Waals surface area contributed by atoms with Gasteiger partial charge in [0.25, 0.3) is 5.91 Å². The number of rotatable bonds is 5. The summed E-state index contributed by atoms with van der Waals surface area (Å²) in [5.74, 6) is -3.23. The monoisotopic (exact) mass is 318 g/mol. The van der Waals surface area contributed by atoms with Crippen LogP contribution in [0.3, 0.4) is 0 Å². The summed E-state index contributed by atoms with van der Waals surface area (Å²) >= 11 is 0. The van der Waals surface area contributed by atoms with Gasteiger partial charge in [-0.25, -0.2) is 8.78 Å². The Morgan fingerprint density at radius 1 is 1.13 bits per heavy atom. The topological polar surface area (TPSA) is 72.2 Å². The lowest BCUT2D eigenvalue weighted by Crippen LogP contribution is -2.45. The van der Waals surface area contributed by atoms with Gasteiger partial charge in [-0.1, -0.05) is 29.8 Å². The zero-order valence-corrected chi connectivity index (χ0v) is 12.5. The molecule has 0 aromatic heterocycles. The molecule has 0 aliphatic rings. The average molecular weight is 318 g/mol. The van der Waals surface area contributed by atoms with Crippen molar-refractivity contribution < 1.29 is 18.4 Å². The van der Waals surface area contributed by atoms with Crippen LogP contribution in [0.25, 0.3) is 0 Å². The molecule has 2 amide bonds. The first-order valence-electron chi connectivity index (χ1n) is 6.97. The molecule has 2 aromatic carbocycles. The van der Waals surface area contributed by atoms with E-state index in [0.29, 0.717) is 6.07 Å². The number of nitrogens with one attached hydrogen (secondary N) is 1. The third-order valence-electron chi connectivity index (χ3n) is 3.30. The predicted molar refractivity (Wildman–Crippen MR) is 81.7 cm³/mol. The molecule has 0 aliphatic heterocycles. The fraction of sp³-hybridized carbons (Fsp3) is 0.176. The lowest BCUT2D eigenvalue weighted by Gasteiger charge is -2.16. The highest BCUT2D eigenvalue weighted by atomic mass is 19.1. The zero-order chi connectivity index (χ0) is 17.0. The molecule has 2 rings (SSSR count). The van der Waals surface area contributed by atoms with Gasteiger partial charge in [0.15, 0.2) is 0 Å². The number of primary amides is 1. The van der Waals surface area contributed by atoms with Crippen molar-refractivity contribution in [3.63, 3.8) is 0 Å². The number of aryl methyl sites for hydroxylation is 1. The largest absolute Gasteiger partial charge is 0.368 e. The van der Waals surface area contributed by atoms with Crippen LogP contribution < -0.4 is 11.1 Å². The van der Waals surface area contributed by atoms with E-state index in [1.807, 2.05) is 25.1 Å². The van der Waals surface area contributed by atoms with Crippen molar-refractivity contribution in [2.75, 3.05) is 0 Å². The minimum atomic E-state index is -0.976. The zero-order valence-electron chi connectivity index (χ0n) is 12.5. The van der Waals surface area contributed by atoms with Crippen molar-refractivity contribution in [3.05, 3.63) is 70.8 Å². The van der Waals surface area contributed by atoms with Crippen molar-refractivity contribution in [2.24, 2.45) is 5.73 Å². The highest BCUT2D eigenvalue weighted by Crippen LogP contribution is 2.10. The molecule has 6 heteroatoms. The number of carbonyl (C=O) groups is 2. The van der Waals surface area contributed by atoms with E-state index in [9.17, 15) is 18.4 Å². The average Bonchev–Trinajstić information content (AvgIpc) is 2.45. The molecule has 0 unspecified atom stereocenters. The molecule has 0 bridgehead atoms. The second-order valence-corrected chi connectivity index (χ2v) is 5.28. The molecule has 4 nitrogen and oxygen atoms in total. The Kier molecular flexibility index (Phi) is 5.05. The molecule has 0 aliphatic carbocycles. The van der Waals surface area contributed by atoms with Gasteiger partial charge in [-0.2, -0.15) is 0 Å². The van der Waals surface area contributed by atoms with Crippen LogP contribution >= 0.6 is 0 Å². The summed E-state index contributed by atoms with van der Waals surface area (Å²) in [5.41, 5.74) is 6.92. The van der Waals surface area contributed by atoms with Gasteiger partial charge in [0.2, 0.25) is 5.91 Å². The Balaban J connectivity index is 2.15. The maximum atomic E-state index is 13.2. The molecule has 3 N–H and O–H groups in total. The van der Waals surface area contributed by atoms with Gasteiger partial charge in [0.05, 0.1) is 0 Å². The first kappa shape index (κ1) is 16.6. The van der Waals surface area contributed by atoms with Crippen LogP contribution in [0.1, 0.15) is 21.5 Å². The summed E-state index contributed by atoms with van der Waals surface area (Å²) < 4.78 is 26.3. The molecule has 0 fully saturated rings. The highest BCUT2D eigenvalue weighted by molar-refractivity contribution is 5.97. The number of carbonyl (C=O) groups excluding carboxylic acids is 2. The molecule has 1 atom stereocenters. The Labute approximate surface area is 132 Å². The Morgan fingerprint density at radius 3 is 2.35 bits per heavy atom. The number of halogens is 2. The summed E-state index contributed by atoms with van der Waals surface area (Å²) in [7, 11) is 0. The molecule has 0 saturated heterocycles. The summed E-state index contributed by atoms with van der Waals surface area (Å²) in [5, 5.41) is 2.41. The molecule has 23 heavy (non-hydrogen) atoms. The Hall–Kier alpha value is -2.76. The molecular weight excluding hydrogens is 302 g/mol. The maximum absolute atomic E-state index is 13.2. The molecule has 120 valence electrons. The molecule has 0 heterocycles. The second-order valence-electron chi connectivity index (χ2n) is 5.28. The van der Waals surface area contributed by atoms with Gasteiger partial charge < -0.3 is 11.1 Å². The smallest absolute Gasteiger partial charge is 0.252 e. The van der Waals surface area contributed by atoms with Crippen molar-refractivity contribution in [2.45, 2.75) is 19.4 Å². The second kappa shape index (κ2) is 7.00. The third-order valence-corrected chi connectivity index (χ3v) is 3.30. The van der Waals surface area contributed by atoms with Crippen molar-refractivity contribution in [3.8, 4) is 0 Å². The number of benzene rings is 2. The van der Waals surface area contributed by atoms with E-state index in [1.54, 1.807) is 6.07 Å². The summed E-state index contributed by atoms with van der Waals surface area (Å²) in [6, 6.07) is 8.86. The van der Waals surface area contributed by atoms with Crippen LogP contribution in [0.2, 0.25) is 0 Å². The maximum Gasteiger partial charge on any atom is 0.252 e. The van der Waals surface area contributed by atoms with Gasteiger partial charge in [0, 0.05) is 18.1 Å². The Bertz CT molecular complexity index is 727. The fourth-order valence-electron chi connectivity index (χ4n) is 2.22. The molecule has 0 saturated carbocycles. The van der Waals surface area contributed by atoms with Crippen molar-refractivity contribution in [1.29, 1.82) is 0 Å². The molecule has 0 spiro atoms. The van der Waals surface area contributed by atoms with Crippen LogP contribution in [-0.4, -0.2) is 17.9 Å². The quantitative estimate of drug-likeness (QED) is 0.886. The van der Waals surface area contributed by atoms with Crippen LogP contribution in [0.15, 0.2) is 42.5 Å². The number of hydrogen-bond acceptors (Lipinski definition) is 2. The van der Waals surface area contributed by atoms with Crippen LogP contribution in [0.5, 0.6) is 0 Å². The van der Waals surface area contributed by atoms with Gasteiger partial charge in [-0.05, 0) is 24.6 Å². The van der Waals surface area contributed by atoms with E-state index in [2.05, 4.69) is 5.32 Å². The molecular formula is C17H16F2N2O2. The van der Waals surface area contributed by atoms with E-state index < -0.39 is 29.5 Å². The first-order chi connectivity index (χ1) is 10.8. The van der Waals surface area contributed by atoms with E-state index >= 15 is 0 Å². The van der Waals surface area contributed by atoms with Crippen molar-refractivity contribution >= 4 is 11.8 Å². The SMILES string of the molecule is Cc1cccc(C[C@H](NC(=O)c2cc(F)cc(F)c2)C(N)=O)c1. The van der Waals surface area contributed by atoms with Gasteiger partial charge in [-0.3, -0.25) is 9.59 Å². The molecule has 2 aromatic rings.